The van der Waals surface area contributed by atoms with E-state index in [1.165, 1.54) is 0 Å². The highest BCUT2D eigenvalue weighted by atomic mass is 35.5. The highest BCUT2D eigenvalue weighted by Crippen LogP contribution is 2.35. The molecule has 0 aliphatic carbocycles. The Labute approximate surface area is 193 Å². The molecule has 32 heavy (non-hydrogen) atoms. The number of morpholine rings is 1. The number of urea groups is 1. The number of hydrogen-bond acceptors (Lipinski definition) is 4. The van der Waals surface area contributed by atoms with Crippen LogP contribution in [0.2, 0.25) is 5.02 Å². The van der Waals surface area contributed by atoms with Crippen LogP contribution in [-0.2, 0) is 22.4 Å². The summed E-state index contributed by atoms with van der Waals surface area (Å²) in [6.45, 7) is 8.23. The first-order valence-corrected chi connectivity index (χ1v) is 11.6. The van der Waals surface area contributed by atoms with Gasteiger partial charge in [-0.3, -0.25) is 4.90 Å². The van der Waals surface area contributed by atoms with E-state index in [-0.39, 0.29) is 18.6 Å². The largest absolute Gasteiger partial charge is 0.444 e. The molecule has 0 spiro atoms. The van der Waals surface area contributed by atoms with Crippen LogP contribution in [0.4, 0.5) is 14.0 Å². The summed E-state index contributed by atoms with van der Waals surface area (Å²) in [5.74, 6) is 0. The minimum Gasteiger partial charge on any atom is -0.444 e. The molecule has 9 heteroatoms. The molecule has 2 fully saturated rings. The van der Waals surface area contributed by atoms with Crippen LogP contribution in [0.3, 0.4) is 0 Å². The zero-order chi connectivity index (χ0) is 23.0. The van der Waals surface area contributed by atoms with Gasteiger partial charge in [-0.15, -0.1) is 0 Å². The fraction of sp³-hybridized carbons (Fsp3) is 0.652. The van der Waals surface area contributed by atoms with Crippen molar-refractivity contribution in [2.45, 2.75) is 58.0 Å². The number of amides is 3. The summed E-state index contributed by atoms with van der Waals surface area (Å²) in [6, 6.07) is 3.29. The zero-order valence-corrected chi connectivity index (χ0v) is 19.7. The predicted octanol–water partition coefficient (Wildman–Crippen LogP) is 4.17. The molecule has 0 aromatic heterocycles. The molecular formula is C23H31ClFN3O4. The molecule has 0 radical (unpaired) electrons. The van der Waals surface area contributed by atoms with Crippen LogP contribution in [0.25, 0.3) is 0 Å². The van der Waals surface area contributed by atoms with E-state index in [2.05, 4.69) is 0 Å². The van der Waals surface area contributed by atoms with Gasteiger partial charge in [-0.2, -0.15) is 0 Å². The molecule has 2 atom stereocenters. The maximum atomic E-state index is 13.6. The first kappa shape index (κ1) is 23.1. The standard InChI is InChI=1S/C23H31ClFN3O4/c1-23(2,3)32-22(30)28-8-9-31-14-20(28)18-11-16(24)10-15-4-6-27(13-19(15)18)21(29)26-7-5-17(25)12-26/h10-11,17,20H,4-9,12-14H2,1-3H3/t17-,20-/m0/s1. The molecule has 3 aliphatic rings. The lowest BCUT2D eigenvalue weighted by Crippen LogP contribution is -2.47. The summed E-state index contributed by atoms with van der Waals surface area (Å²) in [5, 5.41) is 0.591. The fourth-order valence-corrected chi connectivity index (χ4v) is 4.86. The first-order chi connectivity index (χ1) is 15.1. The lowest BCUT2D eigenvalue weighted by atomic mass is 9.90. The third kappa shape index (κ3) is 4.96. The van der Waals surface area contributed by atoms with Crippen LogP contribution in [-0.4, -0.2) is 78.0 Å². The molecule has 0 bridgehead atoms. The van der Waals surface area contributed by atoms with Crippen molar-refractivity contribution in [1.82, 2.24) is 14.7 Å². The summed E-state index contributed by atoms with van der Waals surface area (Å²) in [5.41, 5.74) is 2.31. The van der Waals surface area contributed by atoms with Gasteiger partial charge in [-0.1, -0.05) is 11.6 Å². The number of benzene rings is 1. The van der Waals surface area contributed by atoms with Gasteiger partial charge in [0.2, 0.25) is 0 Å². The van der Waals surface area contributed by atoms with Crippen molar-refractivity contribution in [3.8, 4) is 0 Å². The van der Waals surface area contributed by atoms with E-state index in [1.807, 2.05) is 32.9 Å². The number of likely N-dealkylation sites (tertiary alicyclic amines) is 1. The van der Waals surface area contributed by atoms with Gasteiger partial charge in [-0.05, 0) is 62.4 Å². The molecular weight excluding hydrogens is 437 g/mol. The summed E-state index contributed by atoms with van der Waals surface area (Å²) in [7, 11) is 0. The molecule has 2 saturated heterocycles. The van der Waals surface area contributed by atoms with Gasteiger partial charge >= 0.3 is 12.1 Å². The average molecular weight is 468 g/mol. The van der Waals surface area contributed by atoms with E-state index in [4.69, 9.17) is 21.1 Å². The van der Waals surface area contributed by atoms with Crippen molar-refractivity contribution in [2.75, 3.05) is 39.4 Å². The quantitative estimate of drug-likeness (QED) is 0.622. The van der Waals surface area contributed by atoms with E-state index in [9.17, 15) is 14.0 Å². The van der Waals surface area contributed by atoms with Gasteiger partial charge < -0.3 is 19.3 Å². The SMILES string of the molecule is CC(C)(C)OC(=O)N1CCOC[C@H]1c1cc(Cl)cc2c1CN(C(=O)N1CC[C@H](F)C1)CC2. The van der Waals surface area contributed by atoms with Gasteiger partial charge in [0.05, 0.1) is 25.8 Å². The third-order valence-corrected chi connectivity index (χ3v) is 6.35. The first-order valence-electron chi connectivity index (χ1n) is 11.2. The lowest BCUT2D eigenvalue weighted by molar-refractivity contribution is -0.0334. The molecule has 7 nitrogen and oxygen atoms in total. The van der Waals surface area contributed by atoms with Crippen molar-refractivity contribution in [2.24, 2.45) is 0 Å². The highest BCUT2D eigenvalue weighted by Gasteiger charge is 2.36. The average Bonchev–Trinajstić information content (AvgIpc) is 3.17. The van der Waals surface area contributed by atoms with Crippen LogP contribution in [0.1, 0.15) is 49.9 Å². The molecule has 4 rings (SSSR count). The number of hydrogen-bond donors (Lipinski definition) is 0. The van der Waals surface area contributed by atoms with E-state index in [0.717, 1.165) is 16.7 Å². The molecule has 3 aliphatic heterocycles. The van der Waals surface area contributed by atoms with Crippen LogP contribution in [0.15, 0.2) is 12.1 Å². The second-order valence-electron chi connectivity index (χ2n) is 9.68. The van der Waals surface area contributed by atoms with Crippen LogP contribution >= 0.6 is 11.6 Å². The minimum absolute atomic E-state index is 0.138. The van der Waals surface area contributed by atoms with E-state index in [0.29, 0.717) is 57.3 Å². The Kier molecular flexibility index (Phi) is 6.54. The molecule has 1 aromatic rings. The number of nitrogens with zero attached hydrogens (tertiary/aromatic N) is 3. The predicted molar refractivity (Wildman–Crippen MR) is 119 cm³/mol. The lowest BCUT2D eigenvalue weighted by Gasteiger charge is -2.39. The van der Waals surface area contributed by atoms with Crippen molar-refractivity contribution in [1.29, 1.82) is 0 Å². The second-order valence-corrected chi connectivity index (χ2v) is 10.1. The monoisotopic (exact) mass is 467 g/mol. The number of carbonyl (C=O) groups is 2. The Morgan fingerprint density at radius 3 is 2.66 bits per heavy atom. The molecule has 3 amide bonds. The smallest absolute Gasteiger partial charge is 0.410 e. The maximum absolute atomic E-state index is 13.6. The number of halogens is 2. The molecule has 0 unspecified atom stereocenters. The topological polar surface area (TPSA) is 62.3 Å². The summed E-state index contributed by atoms with van der Waals surface area (Å²) < 4.78 is 25.0. The second kappa shape index (κ2) is 9.06. The Morgan fingerprint density at radius 1 is 1.19 bits per heavy atom. The van der Waals surface area contributed by atoms with Crippen LogP contribution in [0.5, 0.6) is 0 Å². The van der Waals surface area contributed by atoms with E-state index >= 15 is 0 Å². The van der Waals surface area contributed by atoms with Crippen LogP contribution < -0.4 is 0 Å². The molecule has 0 N–H and O–H groups in total. The summed E-state index contributed by atoms with van der Waals surface area (Å²) >= 11 is 6.45. The van der Waals surface area contributed by atoms with Gasteiger partial charge in [0, 0.05) is 31.2 Å². The minimum atomic E-state index is -0.952. The van der Waals surface area contributed by atoms with Gasteiger partial charge in [0.1, 0.15) is 11.8 Å². The van der Waals surface area contributed by atoms with Gasteiger partial charge in [-0.25, -0.2) is 14.0 Å². The normalized spacial score (nSPS) is 23.8. The number of alkyl halides is 1. The number of fused-ring (bicyclic) bond motifs is 1. The molecule has 0 saturated carbocycles. The zero-order valence-electron chi connectivity index (χ0n) is 18.9. The van der Waals surface area contributed by atoms with Crippen molar-refractivity contribution in [3.63, 3.8) is 0 Å². The Bertz CT molecular complexity index is 891. The maximum Gasteiger partial charge on any atom is 0.410 e. The third-order valence-electron chi connectivity index (χ3n) is 6.13. The molecule has 176 valence electrons. The van der Waals surface area contributed by atoms with Gasteiger partial charge in [0.15, 0.2) is 0 Å². The highest BCUT2D eigenvalue weighted by molar-refractivity contribution is 6.30. The number of carbonyl (C=O) groups excluding carboxylic acids is 2. The summed E-state index contributed by atoms with van der Waals surface area (Å²) in [6.07, 6.45) is -0.301. The van der Waals surface area contributed by atoms with E-state index < -0.39 is 17.9 Å². The Morgan fingerprint density at radius 2 is 1.97 bits per heavy atom. The Balaban J connectivity index is 1.61. The van der Waals surface area contributed by atoms with Crippen molar-refractivity contribution < 1.29 is 23.5 Å². The van der Waals surface area contributed by atoms with Gasteiger partial charge in [0.25, 0.3) is 0 Å². The fourth-order valence-electron chi connectivity index (χ4n) is 4.61. The Hall–Kier alpha value is -2.06. The number of rotatable bonds is 1. The van der Waals surface area contributed by atoms with Crippen molar-refractivity contribution >= 4 is 23.7 Å². The molecule has 1 aromatic carbocycles. The molecule has 3 heterocycles. The van der Waals surface area contributed by atoms with Crippen molar-refractivity contribution in [3.05, 3.63) is 33.8 Å². The van der Waals surface area contributed by atoms with Crippen LogP contribution in [0, 0.1) is 0 Å². The van der Waals surface area contributed by atoms with E-state index in [1.54, 1.807) is 14.7 Å². The summed E-state index contributed by atoms with van der Waals surface area (Å²) in [4.78, 5) is 31.0. The number of ether oxygens (including phenoxy) is 2.